The second kappa shape index (κ2) is 8.71. The Morgan fingerprint density at radius 2 is 1.89 bits per heavy atom. The van der Waals surface area contributed by atoms with Crippen molar-refractivity contribution in [2.45, 2.75) is 13.0 Å². The van der Waals surface area contributed by atoms with Gasteiger partial charge >= 0.3 is 0 Å². The smallest absolute Gasteiger partial charge is 0.244 e. The number of carbonyl (C=O) groups excluding carboxylic acids is 1. The van der Waals surface area contributed by atoms with E-state index in [0.29, 0.717) is 17.1 Å². The third-order valence-corrected chi connectivity index (χ3v) is 3.81. The monoisotopic (exact) mass is 363 g/mol. The highest BCUT2D eigenvalue weighted by Gasteiger charge is 2.09. The van der Waals surface area contributed by atoms with Gasteiger partial charge in [0.2, 0.25) is 5.91 Å². The average Bonchev–Trinajstić information content (AvgIpc) is 2.68. The number of hydrogen-bond donors (Lipinski definition) is 1. The maximum absolute atomic E-state index is 13.6. The van der Waals surface area contributed by atoms with Crippen LogP contribution in [0, 0.1) is 5.82 Å². The van der Waals surface area contributed by atoms with E-state index in [2.05, 4.69) is 15.3 Å². The van der Waals surface area contributed by atoms with Crippen LogP contribution in [-0.2, 0) is 4.79 Å². The third kappa shape index (κ3) is 5.22. The van der Waals surface area contributed by atoms with Gasteiger partial charge in [-0.1, -0.05) is 30.3 Å². The summed E-state index contributed by atoms with van der Waals surface area (Å²) >= 11 is 0. The molecule has 3 aromatic rings. The van der Waals surface area contributed by atoms with E-state index in [-0.39, 0.29) is 17.8 Å². The zero-order chi connectivity index (χ0) is 19.1. The summed E-state index contributed by atoms with van der Waals surface area (Å²) < 4.78 is 19.3. The first-order valence-corrected chi connectivity index (χ1v) is 8.38. The predicted molar refractivity (Wildman–Crippen MR) is 101 cm³/mol. The number of nitrogens with one attached hydrogen (secondary N) is 1. The molecule has 0 saturated heterocycles. The molecule has 1 aromatic heterocycles. The highest BCUT2D eigenvalue weighted by Crippen LogP contribution is 2.23. The van der Waals surface area contributed by atoms with Crippen molar-refractivity contribution in [1.82, 2.24) is 15.3 Å². The van der Waals surface area contributed by atoms with Gasteiger partial charge in [-0.2, -0.15) is 0 Å². The molecule has 5 nitrogen and oxygen atoms in total. The quantitative estimate of drug-likeness (QED) is 0.663. The van der Waals surface area contributed by atoms with Crippen LogP contribution in [0.3, 0.4) is 0 Å². The number of benzene rings is 2. The molecule has 1 amide bonds. The summed E-state index contributed by atoms with van der Waals surface area (Å²) in [5.41, 5.74) is 1.23. The lowest BCUT2D eigenvalue weighted by atomic mass is 10.1. The van der Waals surface area contributed by atoms with Crippen LogP contribution in [0.5, 0.6) is 11.5 Å². The highest BCUT2D eigenvalue weighted by atomic mass is 19.1. The summed E-state index contributed by atoms with van der Waals surface area (Å²) in [4.78, 5) is 19.9. The normalized spacial score (nSPS) is 11.9. The van der Waals surface area contributed by atoms with Crippen molar-refractivity contribution in [2.24, 2.45) is 0 Å². The van der Waals surface area contributed by atoms with E-state index in [4.69, 9.17) is 4.74 Å². The summed E-state index contributed by atoms with van der Waals surface area (Å²) in [6.07, 6.45) is 7.33. The molecule has 1 atom stereocenters. The topological polar surface area (TPSA) is 64.1 Å². The Morgan fingerprint density at radius 1 is 1.11 bits per heavy atom. The van der Waals surface area contributed by atoms with Gasteiger partial charge in [0.1, 0.15) is 17.9 Å². The standard InChI is InChI=1S/C21H18FN3O2/c1-15(25-21(26)10-9-16-5-2-3-8-20(16)22)17-6-4-7-18(11-17)27-19-12-23-14-24-13-19/h2-15H,1H3,(H,25,26)/b10-9+. The summed E-state index contributed by atoms with van der Waals surface area (Å²) in [6.45, 7) is 1.86. The van der Waals surface area contributed by atoms with Gasteiger partial charge in [-0.15, -0.1) is 0 Å². The van der Waals surface area contributed by atoms with Gasteiger partial charge < -0.3 is 10.1 Å². The Hall–Kier alpha value is -3.54. The van der Waals surface area contributed by atoms with Gasteiger partial charge in [0.25, 0.3) is 0 Å². The number of rotatable bonds is 6. The van der Waals surface area contributed by atoms with Crippen molar-refractivity contribution < 1.29 is 13.9 Å². The van der Waals surface area contributed by atoms with Crippen LogP contribution < -0.4 is 10.1 Å². The number of hydrogen-bond acceptors (Lipinski definition) is 4. The first-order valence-electron chi connectivity index (χ1n) is 8.38. The lowest BCUT2D eigenvalue weighted by Gasteiger charge is -2.14. The van der Waals surface area contributed by atoms with Crippen LogP contribution in [0.4, 0.5) is 4.39 Å². The molecule has 1 heterocycles. The first kappa shape index (κ1) is 18.3. The minimum absolute atomic E-state index is 0.252. The Morgan fingerprint density at radius 3 is 2.67 bits per heavy atom. The summed E-state index contributed by atoms with van der Waals surface area (Å²) in [5.74, 6) is 0.460. The Bertz CT molecular complexity index is 945. The number of carbonyl (C=O) groups is 1. The number of ether oxygens (including phenoxy) is 1. The van der Waals surface area contributed by atoms with Crippen LogP contribution in [0.15, 0.2) is 73.3 Å². The molecule has 2 aromatic carbocycles. The molecule has 3 rings (SSSR count). The molecule has 0 saturated carbocycles. The molecule has 27 heavy (non-hydrogen) atoms. The first-order chi connectivity index (χ1) is 13.1. The van der Waals surface area contributed by atoms with Crippen molar-refractivity contribution in [1.29, 1.82) is 0 Å². The van der Waals surface area contributed by atoms with Gasteiger partial charge in [0.05, 0.1) is 18.4 Å². The Labute approximate surface area is 156 Å². The largest absolute Gasteiger partial charge is 0.454 e. The molecule has 0 fully saturated rings. The fraction of sp³-hybridized carbons (Fsp3) is 0.0952. The molecule has 0 bridgehead atoms. The summed E-state index contributed by atoms with van der Waals surface area (Å²) in [6, 6.07) is 13.4. The van der Waals surface area contributed by atoms with Crippen LogP contribution in [0.25, 0.3) is 6.08 Å². The molecular weight excluding hydrogens is 345 g/mol. The fourth-order valence-electron chi connectivity index (χ4n) is 2.44. The summed E-state index contributed by atoms with van der Waals surface area (Å²) in [5, 5.41) is 2.85. The predicted octanol–water partition coefficient (Wildman–Crippen LogP) is 4.30. The highest BCUT2D eigenvalue weighted by molar-refractivity contribution is 5.92. The van der Waals surface area contributed by atoms with E-state index < -0.39 is 0 Å². The number of halogens is 1. The second-order valence-corrected chi connectivity index (χ2v) is 5.83. The molecule has 136 valence electrons. The van der Waals surface area contributed by atoms with Crippen molar-refractivity contribution in [2.75, 3.05) is 0 Å². The van der Waals surface area contributed by atoms with E-state index >= 15 is 0 Å². The van der Waals surface area contributed by atoms with Crippen molar-refractivity contribution in [3.63, 3.8) is 0 Å². The van der Waals surface area contributed by atoms with E-state index in [9.17, 15) is 9.18 Å². The fourth-order valence-corrected chi connectivity index (χ4v) is 2.44. The van der Waals surface area contributed by atoms with E-state index in [1.165, 1.54) is 24.5 Å². The SMILES string of the molecule is CC(NC(=O)/C=C/c1ccccc1F)c1cccc(Oc2cncnc2)c1. The van der Waals surface area contributed by atoms with Crippen LogP contribution in [0.1, 0.15) is 24.1 Å². The van der Waals surface area contributed by atoms with E-state index in [1.807, 2.05) is 31.2 Å². The molecule has 0 spiro atoms. The number of nitrogens with zero attached hydrogens (tertiary/aromatic N) is 2. The van der Waals surface area contributed by atoms with Gasteiger partial charge in [-0.05, 0) is 36.8 Å². The van der Waals surface area contributed by atoms with Gasteiger partial charge in [-0.3, -0.25) is 4.79 Å². The van der Waals surface area contributed by atoms with Crippen LogP contribution in [-0.4, -0.2) is 15.9 Å². The molecule has 1 N–H and O–H groups in total. The zero-order valence-electron chi connectivity index (χ0n) is 14.7. The van der Waals surface area contributed by atoms with Gasteiger partial charge in [0.15, 0.2) is 5.75 Å². The molecular formula is C21H18FN3O2. The molecule has 0 radical (unpaired) electrons. The zero-order valence-corrected chi connectivity index (χ0v) is 14.7. The molecule has 0 aliphatic rings. The average molecular weight is 363 g/mol. The lowest BCUT2D eigenvalue weighted by Crippen LogP contribution is -2.24. The molecule has 0 aliphatic heterocycles. The van der Waals surface area contributed by atoms with E-state index in [0.717, 1.165) is 5.56 Å². The third-order valence-electron chi connectivity index (χ3n) is 3.81. The van der Waals surface area contributed by atoms with Crippen molar-refractivity contribution >= 4 is 12.0 Å². The minimum Gasteiger partial charge on any atom is -0.454 e. The number of amides is 1. The van der Waals surface area contributed by atoms with E-state index in [1.54, 1.807) is 30.6 Å². The lowest BCUT2D eigenvalue weighted by molar-refractivity contribution is -0.117. The minimum atomic E-state index is -0.371. The van der Waals surface area contributed by atoms with Crippen molar-refractivity contribution in [3.05, 3.63) is 90.3 Å². The van der Waals surface area contributed by atoms with Gasteiger partial charge in [0, 0.05) is 11.6 Å². The summed E-state index contributed by atoms with van der Waals surface area (Å²) in [7, 11) is 0. The number of aromatic nitrogens is 2. The maximum Gasteiger partial charge on any atom is 0.244 e. The van der Waals surface area contributed by atoms with Crippen LogP contribution in [0.2, 0.25) is 0 Å². The van der Waals surface area contributed by atoms with Gasteiger partial charge in [-0.25, -0.2) is 14.4 Å². The maximum atomic E-state index is 13.6. The van der Waals surface area contributed by atoms with Crippen molar-refractivity contribution in [3.8, 4) is 11.5 Å². The second-order valence-electron chi connectivity index (χ2n) is 5.83. The molecule has 0 aliphatic carbocycles. The van der Waals surface area contributed by atoms with Crippen LogP contribution >= 0.6 is 0 Å². The molecule has 1 unspecified atom stereocenters. The Balaban J connectivity index is 1.63. The molecule has 6 heteroatoms. The Kier molecular flexibility index (Phi) is 5.89.